The van der Waals surface area contributed by atoms with E-state index in [4.69, 9.17) is 0 Å². The Morgan fingerprint density at radius 1 is 1.50 bits per heavy atom. The van der Waals surface area contributed by atoms with Crippen LogP contribution in [0.3, 0.4) is 0 Å². The van der Waals surface area contributed by atoms with E-state index in [1.54, 1.807) is 11.3 Å². The van der Waals surface area contributed by atoms with Crippen molar-refractivity contribution in [1.29, 1.82) is 0 Å². The predicted octanol–water partition coefficient (Wildman–Crippen LogP) is 2.33. The minimum atomic E-state index is -3.20. The summed E-state index contributed by atoms with van der Waals surface area (Å²) in [4.78, 5) is 4.21. The first-order valence-corrected chi connectivity index (χ1v) is 10.3. The van der Waals surface area contributed by atoms with Crippen LogP contribution in [0.1, 0.15) is 23.4 Å². The van der Waals surface area contributed by atoms with Gasteiger partial charge in [-0.3, -0.25) is 10.00 Å². The maximum Gasteiger partial charge on any atom is 0.178 e. The smallest absolute Gasteiger partial charge is 0.178 e. The molecule has 0 amide bonds. The van der Waals surface area contributed by atoms with Crippen molar-refractivity contribution >= 4 is 21.2 Å². The summed E-state index contributed by atoms with van der Waals surface area (Å²) in [6.45, 7) is 3.13. The average molecular weight is 339 g/mol. The molecule has 1 aliphatic rings. The van der Waals surface area contributed by atoms with Crippen LogP contribution in [-0.4, -0.2) is 42.9 Å². The number of rotatable bonds is 5. The highest BCUT2D eigenvalue weighted by Crippen LogP contribution is 2.25. The van der Waals surface area contributed by atoms with Crippen LogP contribution < -0.4 is 0 Å². The second-order valence-electron chi connectivity index (χ2n) is 6.01. The van der Waals surface area contributed by atoms with Gasteiger partial charge in [0.1, 0.15) is 4.90 Å². The van der Waals surface area contributed by atoms with Crippen LogP contribution in [0, 0.1) is 5.92 Å². The van der Waals surface area contributed by atoms with Gasteiger partial charge in [0.05, 0.1) is 11.9 Å². The summed E-state index contributed by atoms with van der Waals surface area (Å²) in [5.74, 6) is 0.481. The molecule has 1 fully saturated rings. The Labute approximate surface area is 135 Å². The molecule has 0 spiro atoms. The van der Waals surface area contributed by atoms with Crippen LogP contribution in [-0.2, 0) is 22.8 Å². The van der Waals surface area contributed by atoms with E-state index >= 15 is 0 Å². The lowest BCUT2D eigenvalue weighted by molar-refractivity contribution is 0.167. The lowest BCUT2D eigenvalue weighted by atomic mass is 9.93. The lowest BCUT2D eigenvalue weighted by Crippen LogP contribution is -2.35. The minimum absolute atomic E-state index is 0.350. The van der Waals surface area contributed by atoms with Gasteiger partial charge in [-0.15, -0.1) is 11.3 Å². The second-order valence-corrected chi connectivity index (χ2v) is 9.03. The molecule has 22 heavy (non-hydrogen) atoms. The summed E-state index contributed by atoms with van der Waals surface area (Å²) in [5, 5.41) is 8.90. The van der Waals surface area contributed by atoms with Gasteiger partial charge in [0.15, 0.2) is 9.84 Å². The number of likely N-dealkylation sites (tertiary alicyclic amines) is 1. The third-order valence-electron chi connectivity index (χ3n) is 4.13. The third kappa shape index (κ3) is 3.77. The van der Waals surface area contributed by atoms with Gasteiger partial charge in [0, 0.05) is 24.2 Å². The molecule has 7 heteroatoms. The number of H-pyrrole nitrogens is 1. The van der Waals surface area contributed by atoms with Gasteiger partial charge in [-0.05, 0) is 43.2 Å². The van der Waals surface area contributed by atoms with Crippen molar-refractivity contribution in [2.24, 2.45) is 5.92 Å². The molecule has 0 aromatic carbocycles. The molecule has 0 bridgehead atoms. The maximum atomic E-state index is 11.8. The first-order valence-electron chi connectivity index (χ1n) is 7.49. The van der Waals surface area contributed by atoms with Gasteiger partial charge in [-0.1, -0.05) is 6.07 Å². The van der Waals surface area contributed by atoms with E-state index < -0.39 is 9.84 Å². The number of hydrogen-bond acceptors (Lipinski definition) is 5. The quantitative estimate of drug-likeness (QED) is 0.908. The number of piperidine rings is 1. The van der Waals surface area contributed by atoms with Crippen molar-refractivity contribution in [2.75, 3.05) is 19.3 Å². The molecule has 2 aromatic heterocycles. The highest BCUT2D eigenvalue weighted by Gasteiger charge is 2.24. The van der Waals surface area contributed by atoms with E-state index in [0.29, 0.717) is 10.8 Å². The summed E-state index contributed by atoms with van der Waals surface area (Å²) >= 11 is 1.79. The topological polar surface area (TPSA) is 66.1 Å². The Balaban J connectivity index is 1.64. The number of nitrogens with one attached hydrogen (secondary N) is 1. The fraction of sp³-hybridized carbons (Fsp3) is 0.533. The lowest BCUT2D eigenvalue weighted by Gasteiger charge is -2.32. The maximum absolute atomic E-state index is 11.8. The summed E-state index contributed by atoms with van der Waals surface area (Å²) in [5.41, 5.74) is 0.755. The van der Waals surface area contributed by atoms with Crippen LogP contribution in [0.4, 0.5) is 0 Å². The zero-order valence-electron chi connectivity index (χ0n) is 12.7. The first kappa shape index (κ1) is 15.7. The standard InChI is InChI=1S/C15H21N3O2S2/c1-22(19,20)15-9-16-17-14(15)8-12-4-2-6-18(10-12)11-13-5-3-7-21-13/h3,5,7,9,12H,2,4,6,8,10-11H2,1H3,(H,16,17). The predicted molar refractivity (Wildman–Crippen MR) is 87.7 cm³/mol. The SMILES string of the molecule is CS(=O)(=O)c1cn[nH]c1CC1CCCN(Cc2cccs2)C1. The molecule has 5 nitrogen and oxygen atoms in total. The first-order chi connectivity index (χ1) is 10.5. The van der Waals surface area contributed by atoms with Crippen LogP contribution in [0.25, 0.3) is 0 Å². The van der Waals surface area contributed by atoms with E-state index in [2.05, 4.69) is 32.6 Å². The summed E-state index contributed by atoms with van der Waals surface area (Å²) in [6, 6.07) is 4.26. The molecular weight excluding hydrogens is 318 g/mol. The van der Waals surface area contributed by atoms with Crippen LogP contribution in [0.2, 0.25) is 0 Å². The van der Waals surface area contributed by atoms with Gasteiger partial charge in [-0.2, -0.15) is 5.10 Å². The van der Waals surface area contributed by atoms with E-state index in [0.717, 1.165) is 38.2 Å². The van der Waals surface area contributed by atoms with Gasteiger partial charge in [-0.25, -0.2) is 8.42 Å². The van der Waals surface area contributed by atoms with Gasteiger partial charge in [0.2, 0.25) is 0 Å². The fourth-order valence-corrected chi connectivity index (χ4v) is 4.71. The second kappa shape index (κ2) is 6.52. The van der Waals surface area contributed by atoms with Crippen molar-refractivity contribution in [2.45, 2.75) is 30.7 Å². The number of thiophene rings is 1. The molecule has 1 unspecified atom stereocenters. The number of nitrogens with zero attached hydrogens (tertiary/aromatic N) is 2. The Morgan fingerprint density at radius 2 is 2.36 bits per heavy atom. The van der Waals surface area contributed by atoms with E-state index in [1.807, 2.05) is 0 Å². The molecule has 0 aliphatic carbocycles. The van der Waals surface area contributed by atoms with Crippen molar-refractivity contribution in [3.63, 3.8) is 0 Å². The Kier molecular flexibility index (Phi) is 4.65. The van der Waals surface area contributed by atoms with E-state index in [9.17, 15) is 8.42 Å². The Morgan fingerprint density at radius 3 is 3.09 bits per heavy atom. The van der Waals surface area contributed by atoms with Crippen LogP contribution >= 0.6 is 11.3 Å². The summed E-state index contributed by atoms with van der Waals surface area (Å²) in [6.07, 6.45) is 5.73. The molecule has 3 heterocycles. The molecule has 0 saturated carbocycles. The van der Waals surface area contributed by atoms with Crippen LogP contribution in [0.5, 0.6) is 0 Å². The van der Waals surface area contributed by atoms with Crippen LogP contribution in [0.15, 0.2) is 28.6 Å². The van der Waals surface area contributed by atoms with Crippen molar-refractivity contribution < 1.29 is 8.42 Å². The molecule has 1 atom stereocenters. The summed E-state index contributed by atoms with van der Waals surface area (Å²) in [7, 11) is -3.20. The molecule has 120 valence electrons. The third-order valence-corrected chi connectivity index (χ3v) is 6.15. The molecule has 2 aromatic rings. The van der Waals surface area contributed by atoms with Gasteiger partial charge in [0.25, 0.3) is 0 Å². The monoisotopic (exact) mass is 339 g/mol. The highest BCUT2D eigenvalue weighted by atomic mass is 32.2. The van der Waals surface area contributed by atoms with Crippen molar-refractivity contribution in [3.8, 4) is 0 Å². The minimum Gasteiger partial charge on any atom is -0.298 e. The number of aromatic amines is 1. The van der Waals surface area contributed by atoms with Crippen molar-refractivity contribution in [1.82, 2.24) is 15.1 Å². The molecule has 3 rings (SSSR count). The molecule has 0 radical (unpaired) electrons. The molecular formula is C15H21N3O2S2. The normalized spacial score (nSPS) is 20.3. The fourth-order valence-electron chi connectivity index (χ4n) is 3.14. The Hall–Kier alpha value is -1.18. The van der Waals surface area contributed by atoms with Gasteiger partial charge >= 0.3 is 0 Å². The number of hydrogen-bond donors (Lipinski definition) is 1. The molecule has 1 saturated heterocycles. The largest absolute Gasteiger partial charge is 0.298 e. The average Bonchev–Trinajstić information content (AvgIpc) is 3.10. The molecule has 1 N–H and O–H groups in total. The van der Waals surface area contributed by atoms with E-state index in [1.165, 1.54) is 23.8 Å². The Bertz CT molecular complexity index is 707. The molecule has 1 aliphatic heterocycles. The zero-order valence-corrected chi connectivity index (χ0v) is 14.3. The summed E-state index contributed by atoms with van der Waals surface area (Å²) < 4.78 is 23.5. The van der Waals surface area contributed by atoms with E-state index in [-0.39, 0.29) is 0 Å². The van der Waals surface area contributed by atoms with Gasteiger partial charge < -0.3 is 0 Å². The zero-order chi connectivity index (χ0) is 15.6. The van der Waals surface area contributed by atoms with Crippen molar-refractivity contribution in [3.05, 3.63) is 34.3 Å². The highest BCUT2D eigenvalue weighted by molar-refractivity contribution is 7.90. The number of aromatic nitrogens is 2. The number of sulfone groups is 1.